The highest BCUT2D eigenvalue weighted by molar-refractivity contribution is 5.92. The van der Waals surface area contributed by atoms with Crippen molar-refractivity contribution >= 4 is 16.6 Å². The molecule has 36 heavy (non-hydrogen) atoms. The molecule has 1 aliphatic heterocycles. The van der Waals surface area contributed by atoms with E-state index in [0.29, 0.717) is 17.5 Å². The molecule has 0 saturated carbocycles. The van der Waals surface area contributed by atoms with Gasteiger partial charge in [-0.3, -0.25) is 9.58 Å². The van der Waals surface area contributed by atoms with Crippen molar-refractivity contribution in [1.29, 1.82) is 0 Å². The highest BCUT2D eigenvalue weighted by Crippen LogP contribution is 2.38. The average Bonchev–Trinajstić information content (AvgIpc) is 3.61. The van der Waals surface area contributed by atoms with Crippen LogP contribution < -0.4 is 0 Å². The summed E-state index contributed by atoms with van der Waals surface area (Å²) in [6, 6.07) is 11.1. The van der Waals surface area contributed by atoms with Gasteiger partial charge in [0, 0.05) is 48.0 Å². The van der Waals surface area contributed by atoms with E-state index in [0.717, 1.165) is 60.5 Å². The molecule has 0 unspecified atom stereocenters. The molecule has 1 fully saturated rings. The normalized spacial score (nSPS) is 15.6. The first-order chi connectivity index (χ1) is 17.5. The third-order valence-corrected chi connectivity index (χ3v) is 7.56. The van der Waals surface area contributed by atoms with Crippen LogP contribution in [-0.4, -0.2) is 52.5 Å². The standard InChI is InChI=1S/C28H33N7O/c1-18(2)26-24-13-20(19-6-10-34(11-7-19)15-23-8-9-33(3)32-23)4-5-25(24)31-27(26)21-12-22(16-36)28-29-17-30-35(28)14-21/h4-5,8-9,12-14,17-19,31,36H,6-7,10-11,15-16H2,1-3H3. The summed E-state index contributed by atoms with van der Waals surface area (Å²) in [6.45, 7) is 7.53. The lowest BCUT2D eigenvalue weighted by Crippen LogP contribution is -2.32. The molecule has 0 amide bonds. The van der Waals surface area contributed by atoms with Gasteiger partial charge in [-0.15, -0.1) is 0 Å². The number of H-pyrrole nitrogens is 1. The molecule has 2 N–H and O–H groups in total. The number of pyridine rings is 1. The third-order valence-electron chi connectivity index (χ3n) is 7.56. The van der Waals surface area contributed by atoms with E-state index in [4.69, 9.17) is 0 Å². The Kier molecular flexibility index (Phi) is 5.85. The van der Waals surface area contributed by atoms with Crippen LogP contribution in [0.3, 0.4) is 0 Å². The van der Waals surface area contributed by atoms with Crippen molar-refractivity contribution in [2.24, 2.45) is 7.05 Å². The summed E-state index contributed by atoms with van der Waals surface area (Å²) >= 11 is 0. The molecule has 0 aliphatic carbocycles. The zero-order valence-corrected chi connectivity index (χ0v) is 21.1. The van der Waals surface area contributed by atoms with Gasteiger partial charge in [0.2, 0.25) is 0 Å². The van der Waals surface area contributed by atoms with Crippen LogP contribution in [0.2, 0.25) is 0 Å². The van der Waals surface area contributed by atoms with Crippen LogP contribution in [-0.2, 0) is 20.2 Å². The van der Waals surface area contributed by atoms with E-state index >= 15 is 0 Å². The highest BCUT2D eigenvalue weighted by Gasteiger charge is 2.23. The molecule has 0 atom stereocenters. The number of hydrogen-bond donors (Lipinski definition) is 2. The summed E-state index contributed by atoms with van der Waals surface area (Å²) < 4.78 is 3.63. The maximum Gasteiger partial charge on any atom is 0.160 e. The van der Waals surface area contributed by atoms with Gasteiger partial charge in [-0.1, -0.05) is 19.9 Å². The predicted molar refractivity (Wildman–Crippen MR) is 141 cm³/mol. The van der Waals surface area contributed by atoms with Gasteiger partial charge >= 0.3 is 0 Å². The van der Waals surface area contributed by atoms with Gasteiger partial charge in [0.25, 0.3) is 0 Å². The Labute approximate surface area is 210 Å². The first-order valence-electron chi connectivity index (χ1n) is 12.8. The van der Waals surface area contributed by atoms with Crippen LogP contribution in [0.1, 0.15) is 60.9 Å². The quantitative estimate of drug-likeness (QED) is 0.368. The second-order valence-corrected chi connectivity index (χ2v) is 10.3. The minimum absolute atomic E-state index is 0.0730. The zero-order chi connectivity index (χ0) is 24.8. The number of fused-ring (bicyclic) bond motifs is 2. The number of aromatic nitrogens is 6. The molecule has 1 aromatic carbocycles. The van der Waals surface area contributed by atoms with Gasteiger partial charge in [-0.2, -0.15) is 10.2 Å². The van der Waals surface area contributed by atoms with E-state index < -0.39 is 0 Å². The highest BCUT2D eigenvalue weighted by atomic mass is 16.3. The van der Waals surface area contributed by atoms with Crippen LogP contribution in [0.15, 0.2) is 49.1 Å². The van der Waals surface area contributed by atoms with Crippen LogP contribution in [0, 0.1) is 0 Å². The van der Waals surface area contributed by atoms with Crippen molar-refractivity contribution in [3.8, 4) is 11.3 Å². The number of aliphatic hydroxyl groups is 1. The second kappa shape index (κ2) is 9.19. The maximum absolute atomic E-state index is 9.93. The summed E-state index contributed by atoms with van der Waals surface area (Å²) in [4.78, 5) is 10.5. The summed E-state index contributed by atoms with van der Waals surface area (Å²) in [5, 5.41) is 20.1. The topological polar surface area (TPSA) is 87.3 Å². The SMILES string of the molecule is CC(C)c1c(-c2cc(CO)c3ncnn3c2)[nH]c2ccc(C3CCN(Cc4ccn(C)n4)CC3)cc12. The van der Waals surface area contributed by atoms with E-state index in [1.807, 2.05) is 30.2 Å². The maximum atomic E-state index is 9.93. The number of aliphatic hydroxyl groups excluding tert-OH is 1. The van der Waals surface area contributed by atoms with Crippen LogP contribution >= 0.6 is 0 Å². The Balaban J connectivity index is 1.30. The number of nitrogens with zero attached hydrogens (tertiary/aromatic N) is 6. The summed E-state index contributed by atoms with van der Waals surface area (Å²) in [5.74, 6) is 0.911. The third kappa shape index (κ3) is 4.10. The minimum Gasteiger partial charge on any atom is -0.392 e. The van der Waals surface area contributed by atoms with E-state index in [2.05, 4.69) is 63.2 Å². The van der Waals surface area contributed by atoms with E-state index in [1.165, 1.54) is 22.8 Å². The van der Waals surface area contributed by atoms with Crippen molar-refractivity contribution in [3.63, 3.8) is 0 Å². The Morgan fingerprint density at radius 2 is 1.97 bits per heavy atom. The Hall–Kier alpha value is -3.49. The minimum atomic E-state index is -0.0730. The van der Waals surface area contributed by atoms with Gasteiger partial charge in [-0.05, 0) is 73.2 Å². The monoisotopic (exact) mass is 483 g/mol. The number of benzene rings is 1. The van der Waals surface area contributed by atoms with Gasteiger partial charge in [0.05, 0.1) is 18.0 Å². The van der Waals surface area contributed by atoms with Crippen molar-refractivity contribution in [1.82, 2.24) is 34.3 Å². The first kappa shape index (κ1) is 22.9. The number of aryl methyl sites for hydroxylation is 1. The molecular formula is C28H33N7O. The molecule has 6 rings (SSSR count). The molecule has 1 saturated heterocycles. The molecule has 5 heterocycles. The molecule has 4 aromatic heterocycles. The second-order valence-electron chi connectivity index (χ2n) is 10.3. The zero-order valence-electron chi connectivity index (χ0n) is 21.1. The number of aromatic amines is 1. The van der Waals surface area contributed by atoms with Gasteiger partial charge in [0.1, 0.15) is 6.33 Å². The van der Waals surface area contributed by atoms with E-state index in [-0.39, 0.29) is 6.61 Å². The number of rotatable bonds is 6. The molecule has 8 nitrogen and oxygen atoms in total. The molecule has 186 valence electrons. The fourth-order valence-electron chi connectivity index (χ4n) is 5.76. The largest absolute Gasteiger partial charge is 0.392 e. The molecule has 8 heteroatoms. The average molecular weight is 484 g/mol. The van der Waals surface area contributed by atoms with Crippen molar-refractivity contribution in [2.75, 3.05) is 13.1 Å². The van der Waals surface area contributed by atoms with E-state index in [9.17, 15) is 5.11 Å². The number of likely N-dealkylation sites (tertiary alicyclic amines) is 1. The van der Waals surface area contributed by atoms with Crippen molar-refractivity contribution < 1.29 is 5.11 Å². The number of nitrogens with one attached hydrogen (secondary N) is 1. The summed E-state index contributed by atoms with van der Waals surface area (Å²) in [7, 11) is 1.97. The molecule has 0 spiro atoms. The number of hydrogen-bond acceptors (Lipinski definition) is 5. The van der Waals surface area contributed by atoms with Gasteiger partial charge in [0.15, 0.2) is 5.65 Å². The molecular weight excluding hydrogens is 450 g/mol. The lowest BCUT2D eigenvalue weighted by molar-refractivity contribution is 0.202. The summed E-state index contributed by atoms with van der Waals surface area (Å²) in [6.07, 6.45) is 7.87. The fraction of sp³-hybridized carbons (Fsp3) is 0.393. The smallest absolute Gasteiger partial charge is 0.160 e. The predicted octanol–water partition coefficient (Wildman–Crippen LogP) is 4.61. The Bertz CT molecular complexity index is 1520. The van der Waals surface area contributed by atoms with E-state index in [1.54, 1.807) is 4.52 Å². The van der Waals surface area contributed by atoms with Crippen LogP contribution in [0.4, 0.5) is 0 Å². The molecule has 1 aliphatic rings. The summed E-state index contributed by atoms with van der Waals surface area (Å²) in [5.41, 5.74) is 8.60. The van der Waals surface area contributed by atoms with Gasteiger partial charge in [-0.25, -0.2) is 9.50 Å². The van der Waals surface area contributed by atoms with Crippen LogP contribution in [0.25, 0.3) is 27.8 Å². The fourth-order valence-corrected chi connectivity index (χ4v) is 5.76. The molecule has 0 radical (unpaired) electrons. The molecule has 5 aromatic rings. The first-order valence-corrected chi connectivity index (χ1v) is 12.8. The lowest BCUT2D eigenvalue weighted by atomic mass is 9.87. The van der Waals surface area contributed by atoms with Crippen molar-refractivity contribution in [2.45, 2.75) is 51.7 Å². The van der Waals surface area contributed by atoms with Crippen molar-refractivity contribution in [3.05, 3.63) is 71.4 Å². The number of piperidine rings is 1. The molecule has 0 bridgehead atoms. The van der Waals surface area contributed by atoms with Gasteiger partial charge < -0.3 is 10.1 Å². The Morgan fingerprint density at radius 3 is 2.69 bits per heavy atom. The Morgan fingerprint density at radius 1 is 1.14 bits per heavy atom. The van der Waals surface area contributed by atoms with Crippen LogP contribution in [0.5, 0.6) is 0 Å². The lowest BCUT2D eigenvalue weighted by Gasteiger charge is -2.31.